The molecule has 0 radical (unpaired) electrons. The summed E-state index contributed by atoms with van der Waals surface area (Å²) >= 11 is 0. The van der Waals surface area contributed by atoms with E-state index in [0.717, 1.165) is 18.4 Å². The Kier molecular flexibility index (Phi) is 5.26. The van der Waals surface area contributed by atoms with E-state index in [2.05, 4.69) is 19.2 Å². The standard InChI is InChI=1S/C13H25NO2/c1-9-6-5-7-12(9)8-14-11(3)10(2)13(15)16-4/h9-12,14H,5-8H2,1-4H3. The van der Waals surface area contributed by atoms with Gasteiger partial charge in [0.05, 0.1) is 13.0 Å². The molecular formula is C13H25NO2. The molecular weight excluding hydrogens is 202 g/mol. The van der Waals surface area contributed by atoms with Crippen molar-refractivity contribution in [3.63, 3.8) is 0 Å². The van der Waals surface area contributed by atoms with E-state index in [1.165, 1.54) is 26.4 Å². The van der Waals surface area contributed by atoms with Crippen LogP contribution in [-0.4, -0.2) is 25.7 Å². The van der Waals surface area contributed by atoms with E-state index < -0.39 is 0 Å². The van der Waals surface area contributed by atoms with Crippen molar-refractivity contribution in [2.75, 3.05) is 13.7 Å². The normalized spacial score (nSPS) is 28.8. The Morgan fingerprint density at radius 2 is 2.12 bits per heavy atom. The second-order valence-corrected chi connectivity index (χ2v) is 5.18. The fourth-order valence-corrected chi connectivity index (χ4v) is 2.43. The minimum atomic E-state index is -0.125. The number of ether oxygens (including phenoxy) is 1. The van der Waals surface area contributed by atoms with Gasteiger partial charge in [-0.25, -0.2) is 0 Å². The van der Waals surface area contributed by atoms with Crippen LogP contribution < -0.4 is 5.32 Å². The number of hydrogen-bond acceptors (Lipinski definition) is 3. The molecule has 4 unspecified atom stereocenters. The molecule has 1 N–H and O–H groups in total. The fourth-order valence-electron chi connectivity index (χ4n) is 2.43. The van der Waals surface area contributed by atoms with Crippen LogP contribution in [0.4, 0.5) is 0 Å². The van der Waals surface area contributed by atoms with Crippen molar-refractivity contribution in [3.8, 4) is 0 Å². The van der Waals surface area contributed by atoms with Gasteiger partial charge in [-0.1, -0.05) is 26.7 Å². The number of rotatable bonds is 5. The molecule has 0 aromatic rings. The molecule has 1 aliphatic carbocycles. The van der Waals surface area contributed by atoms with E-state index in [0.29, 0.717) is 0 Å². The highest BCUT2D eigenvalue weighted by atomic mass is 16.5. The molecule has 0 bridgehead atoms. The topological polar surface area (TPSA) is 38.3 Å². The van der Waals surface area contributed by atoms with Gasteiger partial charge in [0.1, 0.15) is 0 Å². The van der Waals surface area contributed by atoms with Gasteiger partial charge in [0.2, 0.25) is 0 Å². The molecule has 3 heteroatoms. The molecule has 0 saturated heterocycles. The van der Waals surface area contributed by atoms with Crippen molar-refractivity contribution < 1.29 is 9.53 Å². The molecule has 3 nitrogen and oxygen atoms in total. The molecule has 1 saturated carbocycles. The summed E-state index contributed by atoms with van der Waals surface area (Å²) in [6.07, 6.45) is 4.04. The lowest BCUT2D eigenvalue weighted by Gasteiger charge is -2.23. The number of hydrogen-bond donors (Lipinski definition) is 1. The Bertz CT molecular complexity index is 230. The van der Waals surface area contributed by atoms with Crippen LogP contribution in [0.2, 0.25) is 0 Å². The van der Waals surface area contributed by atoms with Crippen molar-refractivity contribution in [3.05, 3.63) is 0 Å². The van der Waals surface area contributed by atoms with Gasteiger partial charge in [0.25, 0.3) is 0 Å². The van der Waals surface area contributed by atoms with Crippen molar-refractivity contribution in [2.24, 2.45) is 17.8 Å². The van der Waals surface area contributed by atoms with Crippen LogP contribution in [0.5, 0.6) is 0 Å². The highest BCUT2D eigenvalue weighted by Crippen LogP contribution is 2.30. The van der Waals surface area contributed by atoms with E-state index in [1.807, 2.05) is 6.92 Å². The molecule has 0 aromatic carbocycles. The molecule has 0 amide bonds. The highest BCUT2D eigenvalue weighted by Gasteiger charge is 2.25. The first-order chi connectivity index (χ1) is 7.56. The van der Waals surface area contributed by atoms with Gasteiger partial charge in [-0.05, 0) is 31.7 Å². The van der Waals surface area contributed by atoms with E-state index in [4.69, 9.17) is 4.74 Å². The fraction of sp³-hybridized carbons (Fsp3) is 0.923. The third kappa shape index (κ3) is 3.48. The summed E-state index contributed by atoms with van der Waals surface area (Å²) in [5.41, 5.74) is 0. The van der Waals surface area contributed by atoms with Crippen LogP contribution in [-0.2, 0) is 9.53 Å². The maximum absolute atomic E-state index is 11.4. The van der Waals surface area contributed by atoms with Crippen LogP contribution in [0.25, 0.3) is 0 Å². The minimum Gasteiger partial charge on any atom is -0.469 e. The Hall–Kier alpha value is -0.570. The Balaban J connectivity index is 2.28. The molecule has 1 rings (SSSR count). The van der Waals surface area contributed by atoms with Gasteiger partial charge in [0.15, 0.2) is 0 Å². The van der Waals surface area contributed by atoms with Crippen molar-refractivity contribution in [2.45, 2.75) is 46.1 Å². The summed E-state index contributed by atoms with van der Waals surface area (Å²) in [6.45, 7) is 7.33. The molecule has 0 aromatic heterocycles. The first-order valence-corrected chi connectivity index (χ1v) is 6.37. The lowest BCUT2D eigenvalue weighted by Crippen LogP contribution is -2.39. The largest absolute Gasteiger partial charge is 0.469 e. The SMILES string of the molecule is COC(=O)C(C)C(C)NCC1CCCC1C. The monoisotopic (exact) mass is 227 g/mol. The minimum absolute atomic E-state index is 0.0679. The van der Waals surface area contributed by atoms with Crippen LogP contribution in [0, 0.1) is 17.8 Å². The van der Waals surface area contributed by atoms with Gasteiger partial charge in [-0.3, -0.25) is 4.79 Å². The second kappa shape index (κ2) is 6.24. The van der Waals surface area contributed by atoms with Crippen molar-refractivity contribution in [1.29, 1.82) is 0 Å². The van der Waals surface area contributed by atoms with E-state index in [9.17, 15) is 4.79 Å². The van der Waals surface area contributed by atoms with Gasteiger partial charge in [-0.2, -0.15) is 0 Å². The molecule has 16 heavy (non-hydrogen) atoms. The second-order valence-electron chi connectivity index (χ2n) is 5.18. The average molecular weight is 227 g/mol. The first kappa shape index (κ1) is 13.5. The van der Waals surface area contributed by atoms with Crippen LogP contribution in [0.1, 0.15) is 40.0 Å². The molecule has 94 valence electrons. The molecule has 1 fully saturated rings. The third-order valence-corrected chi connectivity index (χ3v) is 4.06. The van der Waals surface area contributed by atoms with E-state index in [1.54, 1.807) is 0 Å². The van der Waals surface area contributed by atoms with Crippen LogP contribution in [0.15, 0.2) is 0 Å². The summed E-state index contributed by atoms with van der Waals surface area (Å²) < 4.78 is 4.75. The highest BCUT2D eigenvalue weighted by molar-refractivity contribution is 5.72. The Morgan fingerprint density at radius 3 is 2.62 bits per heavy atom. The van der Waals surface area contributed by atoms with Gasteiger partial charge in [0, 0.05) is 6.04 Å². The zero-order valence-electron chi connectivity index (χ0n) is 11.0. The summed E-state index contributed by atoms with van der Waals surface area (Å²) in [5.74, 6) is 1.42. The number of esters is 1. The third-order valence-electron chi connectivity index (χ3n) is 4.06. The maximum Gasteiger partial charge on any atom is 0.309 e. The summed E-state index contributed by atoms with van der Waals surface area (Å²) in [4.78, 5) is 11.4. The Morgan fingerprint density at radius 1 is 1.44 bits per heavy atom. The zero-order valence-corrected chi connectivity index (χ0v) is 11.0. The Labute approximate surface area is 98.9 Å². The lowest BCUT2D eigenvalue weighted by molar-refractivity contribution is -0.145. The molecule has 0 aliphatic heterocycles. The van der Waals surface area contributed by atoms with Crippen molar-refractivity contribution >= 4 is 5.97 Å². The van der Waals surface area contributed by atoms with E-state index >= 15 is 0 Å². The smallest absolute Gasteiger partial charge is 0.309 e. The number of carbonyl (C=O) groups excluding carboxylic acids is 1. The first-order valence-electron chi connectivity index (χ1n) is 6.37. The quantitative estimate of drug-likeness (QED) is 0.732. The van der Waals surface area contributed by atoms with Gasteiger partial charge >= 0.3 is 5.97 Å². The lowest BCUT2D eigenvalue weighted by atomic mass is 9.96. The van der Waals surface area contributed by atoms with Crippen LogP contribution >= 0.6 is 0 Å². The summed E-state index contributed by atoms with van der Waals surface area (Å²) in [5, 5.41) is 3.47. The summed E-state index contributed by atoms with van der Waals surface area (Å²) in [7, 11) is 1.45. The maximum atomic E-state index is 11.4. The predicted octanol–water partition coefficient (Wildman–Crippen LogP) is 2.21. The molecule has 0 heterocycles. The number of nitrogens with one attached hydrogen (secondary N) is 1. The molecule has 0 spiro atoms. The predicted molar refractivity (Wildman–Crippen MR) is 65.1 cm³/mol. The number of methoxy groups -OCH3 is 1. The average Bonchev–Trinajstić information content (AvgIpc) is 2.69. The van der Waals surface area contributed by atoms with Gasteiger partial charge in [-0.15, -0.1) is 0 Å². The van der Waals surface area contributed by atoms with Crippen LogP contribution in [0.3, 0.4) is 0 Å². The van der Waals surface area contributed by atoms with Gasteiger partial charge < -0.3 is 10.1 Å². The molecule has 1 aliphatic rings. The zero-order chi connectivity index (χ0) is 12.1. The van der Waals surface area contributed by atoms with E-state index in [-0.39, 0.29) is 17.9 Å². The van der Waals surface area contributed by atoms with Crippen molar-refractivity contribution in [1.82, 2.24) is 5.32 Å². The molecule has 4 atom stereocenters. The number of carbonyl (C=O) groups is 1. The summed E-state index contributed by atoms with van der Waals surface area (Å²) in [6, 6.07) is 0.195.